The van der Waals surface area contributed by atoms with E-state index in [4.69, 9.17) is 0 Å². The molecule has 1 aromatic rings. The minimum absolute atomic E-state index is 0.158. The summed E-state index contributed by atoms with van der Waals surface area (Å²) in [6.07, 6.45) is 9.13. The van der Waals surface area contributed by atoms with Crippen LogP contribution in [0.1, 0.15) is 0 Å². The van der Waals surface area contributed by atoms with E-state index in [9.17, 15) is 10.1 Å². The second-order valence-electron chi connectivity index (χ2n) is 5.16. The molecular formula is C18H10N2O. The molecule has 4 rings (SSSR count). The van der Waals surface area contributed by atoms with E-state index in [2.05, 4.69) is 17.1 Å². The Hall–Kier alpha value is -2.99. The molecule has 1 amide bonds. The fourth-order valence-electron chi connectivity index (χ4n) is 3.03. The highest BCUT2D eigenvalue weighted by Crippen LogP contribution is 2.37. The van der Waals surface area contributed by atoms with E-state index < -0.39 is 0 Å². The number of carbonyl (C=O) groups excluding carboxylic acids is 1. The molecule has 3 heteroatoms. The molecule has 0 fully saturated rings. The zero-order valence-electron chi connectivity index (χ0n) is 11.1. The summed E-state index contributed by atoms with van der Waals surface area (Å²) in [5, 5.41) is 11.6. The number of benzene rings is 1. The third-order valence-corrected chi connectivity index (χ3v) is 4.00. The summed E-state index contributed by atoms with van der Waals surface area (Å²) in [5.74, 6) is -0.390. The van der Waals surface area contributed by atoms with Gasteiger partial charge >= 0.3 is 0 Å². The van der Waals surface area contributed by atoms with E-state index in [-0.39, 0.29) is 11.8 Å². The Bertz CT molecular complexity index is 965. The van der Waals surface area contributed by atoms with Gasteiger partial charge in [-0.15, -0.1) is 0 Å². The summed E-state index contributed by atoms with van der Waals surface area (Å²) in [5.41, 5.74) is 2.93. The number of hydrogen-bond donors (Lipinski definition) is 0. The Kier molecular flexibility index (Phi) is 2.39. The van der Waals surface area contributed by atoms with E-state index in [0.717, 1.165) is 21.6 Å². The maximum absolute atomic E-state index is 12.1. The van der Waals surface area contributed by atoms with Crippen molar-refractivity contribution < 1.29 is 4.79 Å². The van der Waals surface area contributed by atoms with Crippen molar-refractivity contribution in [1.82, 2.24) is 0 Å². The van der Waals surface area contributed by atoms with Crippen molar-refractivity contribution in [2.24, 2.45) is 10.9 Å². The molecule has 0 saturated carbocycles. The van der Waals surface area contributed by atoms with Gasteiger partial charge in [-0.2, -0.15) is 5.26 Å². The van der Waals surface area contributed by atoms with Crippen LogP contribution in [0.5, 0.6) is 0 Å². The topological polar surface area (TPSA) is 53.2 Å². The van der Waals surface area contributed by atoms with Crippen molar-refractivity contribution in [1.29, 1.82) is 5.26 Å². The summed E-state index contributed by atoms with van der Waals surface area (Å²) < 4.78 is 0. The maximum Gasteiger partial charge on any atom is 0.277 e. The standard InChI is InChI=1S/C18H10N2O/c19-10-14-7-13-5-6-20-18(21)17(13)16-9-12-4-2-1-3-11(12)8-15(14)16/h1-9,15H. The van der Waals surface area contributed by atoms with Crippen LogP contribution in [0, 0.1) is 17.2 Å². The van der Waals surface area contributed by atoms with E-state index in [1.54, 1.807) is 12.2 Å². The number of hydrogen-bond acceptors (Lipinski definition) is 2. The lowest BCUT2D eigenvalue weighted by molar-refractivity contribution is -0.114. The van der Waals surface area contributed by atoms with E-state index >= 15 is 0 Å². The monoisotopic (exact) mass is 270 g/mol. The van der Waals surface area contributed by atoms with Gasteiger partial charge in [0.05, 0.1) is 11.6 Å². The normalized spacial score (nSPS) is 21.9. The second-order valence-corrected chi connectivity index (χ2v) is 5.16. The van der Waals surface area contributed by atoms with Gasteiger partial charge in [0, 0.05) is 17.7 Å². The van der Waals surface area contributed by atoms with E-state index in [0.29, 0.717) is 11.1 Å². The van der Waals surface area contributed by atoms with Gasteiger partial charge in [0.25, 0.3) is 5.91 Å². The number of nitriles is 1. The number of fused-ring (bicyclic) bond motifs is 3. The van der Waals surface area contributed by atoms with Gasteiger partial charge in [-0.1, -0.05) is 30.3 Å². The molecule has 3 nitrogen and oxygen atoms in total. The Labute approximate surface area is 121 Å². The number of aliphatic imine (C=N–C) groups is 1. The third kappa shape index (κ3) is 1.66. The largest absolute Gasteiger partial charge is 0.277 e. The number of nitrogens with zero attached hydrogens (tertiary/aromatic N) is 2. The van der Waals surface area contributed by atoms with Gasteiger partial charge in [-0.05, 0) is 39.8 Å². The molecule has 1 aliphatic heterocycles. The van der Waals surface area contributed by atoms with Gasteiger partial charge in [0.15, 0.2) is 0 Å². The van der Waals surface area contributed by atoms with Crippen LogP contribution in [0.3, 0.4) is 0 Å². The summed E-state index contributed by atoms with van der Waals surface area (Å²) in [7, 11) is 0. The molecule has 21 heavy (non-hydrogen) atoms. The fourth-order valence-corrected chi connectivity index (χ4v) is 3.03. The number of rotatable bonds is 0. The van der Waals surface area contributed by atoms with Crippen molar-refractivity contribution in [3.63, 3.8) is 0 Å². The summed E-state index contributed by atoms with van der Waals surface area (Å²) in [6, 6.07) is 10.2. The first-order chi connectivity index (χ1) is 10.3. The van der Waals surface area contributed by atoms with Crippen molar-refractivity contribution in [3.8, 4) is 6.07 Å². The molecule has 0 bridgehead atoms. The second kappa shape index (κ2) is 4.26. The lowest BCUT2D eigenvalue weighted by Crippen LogP contribution is -2.32. The first kappa shape index (κ1) is 11.8. The van der Waals surface area contributed by atoms with Crippen LogP contribution in [-0.4, -0.2) is 12.1 Å². The summed E-state index contributed by atoms with van der Waals surface area (Å²) in [6.45, 7) is 0. The molecule has 1 aromatic carbocycles. The maximum atomic E-state index is 12.1. The quantitative estimate of drug-likeness (QED) is 0.710. The Morgan fingerprint density at radius 1 is 1.14 bits per heavy atom. The molecule has 1 atom stereocenters. The predicted octanol–water partition coefficient (Wildman–Crippen LogP) is 1.17. The lowest BCUT2D eigenvalue weighted by Gasteiger charge is -2.26. The molecule has 3 aliphatic rings. The van der Waals surface area contributed by atoms with Gasteiger partial charge < -0.3 is 0 Å². The van der Waals surface area contributed by atoms with Gasteiger partial charge in [-0.3, -0.25) is 4.79 Å². The van der Waals surface area contributed by atoms with Crippen LogP contribution in [0.2, 0.25) is 0 Å². The number of dihydropyridines is 1. The van der Waals surface area contributed by atoms with Crippen LogP contribution in [-0.2, 0) is 4.79 Å². The van der Waals surface area contributed by atoms with Crippen molar-refractivity contribution in [2.75, 3.05) is 0 Å². The molecular weight excluding hydrogens is 260 g/mol. The molecule has 1 unspecified atom stereocenters. The SMILES string of the molecule is N#CC1=CC2=CC=NC(=O)C2=C2C=c3ccccc3=CC12. The highest BCUT2D eigenvalue weighted by Gasteiger charge is 2.31. The highest BCUT2D eigenvalue weighted by molar-refractivity contribution is 6.10. The molecule has 0 saturated heterocycles. The Balaban J connectivity index is 2.09. The third-order valence-electron chi connectivity index (χ3n) is 4.00. The Morgan fingerprint density at radius 3 is 2.76 bits per heavy atom. The molecule has 2 aliphatic carbocycles. The number of allylic oxidation sites excluding steroid dienone is 4. The van der Waals surface area contributed by atoms with Crippen molar-refractivity contribution >= 4 is 24.3 Å². The van der Waals surface area contributed by atoms with Crippen molar-refractivity contribution in [3.05, 3.63) is 69.1 Å². The fraction of sp³-hybridized carbons (Fsp3) is 0.0556. The zero-order valence-corrected chi connectivity index (χ0v) is 11.1. The smallest absolute Gasteiger partial charge is 0.267 e. The van der Waals surface area contributed by atoms with Crippen LogP contribution in [0.25, 0.3) is 12.2 Å². The predicted molar refractivity (Wildman–Crippen MR) is 80.4 cm³/mol. The first-order valence-electron chi connectivity index (χ1n) is 6.71. The molecule has 0 N–H and O–H groups in total. The van der Waals surface area contributed by atoms with Crippen molar-refractivity contribution in [2.45, 2.75) is 0 Å². The minimum atomic E-state index is -0.232. The van der Waals surface area contributed by atoms with Crippen LogP contribution < -0.4 is 10.4 Å². The zero-order chi connectivity index (χ0) is 14.4. The highest BCUT2D eigenvalue weighted by atomic mass is 16.1. The molecule has 0 radical (unpaired) electrons. The molecule has 0 spiro atoms. The summed E-state index contributed by atoms with van der Waals surface area (Å²) in [4.78, 5) is 16.0. The molecule has 1 heterocycles. The van der Waals surface area contributed by atoms with E-state index in [1.807, 2.05) is 30.3 Å². The molecule has 98 valence electrons. The first-order valence-corrected chi connectivity index (χ1v) is 6.71. The number of carbonyl (C=O) groups is 1. The van der Waals surface area contributed by atoms with E-state index in [1.165, 1.54) is 6.21 Å². The van der Waals surface area contributed by atoms with Crippen LogP contribution >= 0.6 is 0 Å². The lowest BCUT2D eigenvalue weighted by atomic mass is 9.76. The molecule has 0 aromatic heterocycles. The average Bonchev–Trinajstić information content (AvgIpc) is 2.52. The average molecular weight is 270 g/mol. The number of amides is 1. The van der Waals surface area contributed by atoms with Crippen LogP contribution in [0.4, 0.5) is 0 Å². The van der Waals surface area contributed by atoms with Gasteiger partial charge in [0.2, 0.25) is 0 Å². The Morgan fingerprint density at radius 2 is 1.95 bits per heavy atom. The summed E-state index contributed by atoms with van der Waals surface area (Å²) >= 11 is 0. The van der Waals surface area contributed by atoms with Gasteiger partial charge in [-0.25, -0.2) is 4.99 Å². The minimum Gasteiger partial charge on any atom is -0.267 e. The van der Waals surface area contributed by atoms with Gasteiger partial charge in [0.1, 0.15) is 0 Å². The van der Waals surface area contributed by atoms with Crippen LogP contribution in [0.15, 0.2) is 63.7 Å².